The maximum atomic E-state index is 13.1. The highest BCUT2D eigenvalue weighted by molar-refractivity contribution is 7.13. The number of methoxy groups -OCH3 is 2. The van der Waals surface area contributed by atoms with E-state index in [4.69, 9.17) is 9.47 Å². The summed E-state index contributed by atoms with van der Waals surface area (Å²) in [4.78, 5) is 55.9. The van der Waals surface area contributed by atoms with Crippen LogP contribution in [0.2, 0.25) is 0 Å². The molecule has 1 aromatic heterocycles. The highest BCUT2D eigenvalue weighted by Gasteiger charge is 2.35. The van der Waals surface area contributed by atoms with Gasteiger partial charge < -0.3 is 30.5 Å². The molecule has 2 rings (SSSR count). The van der Waals surface area contributed by atoms with Gasteiger partial charge in [0.1, 0.15) is 22.6 Å². The van der Waals surface area contributed by atoms with E-state index in [2.05, 4.69) is 27.9 Å². The molecule has 0 spiro atoms. The standard InChI is InChI=1S/C25H33N4O7S/c1-15-26-12-20(37-15)24(33)29-19(14-36-5)23(32)28-18(13-35-4)22(31)27-17(21(30)25(2,3)34)11-16-9-7-6-8-10-16/h6-10,12,17-19,34H,2,11,13-14H2,1,3-5H3,(H,27,31)(H,28,32)(H,29,33)/t17-,18-,19-,25+/m0/s1. The van der Waals surface area contributed by atoms with Gasteiger partial charge >= 0.3 is 0 Å². The minimum atomic E-state index is -1.95. The molecule has 0 bridgehead atoms. The van der Waals surface area contributed by atoms with Gasteiger partial charge in [-0.25, -0.2) is 4.98 Å². The van der Waals surface area contributed by atoms with Crippen LogP contribution in [0, 0.1) is 13.8 Å². The summed E-state index contributed by atoms with van der Waals surface area (Å²) in [6.07, 6.45) is 1.50. The Morgan fingerprint density at radius 3 is 2.03 bits per heavy atom. The molecule has 0 saturated carbocycles. The summed E-state index contributed by atoms with van der Waals surface area (Å²) in [6.45, 7) is 6.08. The van der Waals surface area contributed by atoms with Crippen LogP contribution < -0.4 is 16.0 Å². The zero-order chi connectivity index (χ0) is 27.6. The first kappa shape index (κ1) is 30.0. The third-order valence-corrected chi connectivity index (χ3v) is 6.12. The Hall–Kier alpha value is -3.19. The lowest BCUT2D eigenvalue weighted by molar-refractivity contribution is -0.138. The van der Waals surface area contributed by atoms with Gasteiger partial charge in [0.05, 0.1) is 30.5 Å². The second kappa shape index (κ2) is 13.9. The summed E-state index contributed by atoms with van der Waals surface area (Å²) in [7, 11) is 2.72. The average Bonchev–Trinajstić information content (AvgIpc) is 3.29. The number of carbonyl (C=O) groups is 4. The van der Waals surface area contributed by atoms with Crippen LogP contribution in [0.1, 0.15) is 27.2 Å². The Bertz CT molecular complexity index is 1070. The lowest BCUT2D eigenvalue weighted by Gasteiger charge is -2.27. The number of aliphatic hydroxyl groups is 1. The van der Waals surface area contributed by atoms with E-state index >= 15 is 0 Å². The van der Waals surface area contributed by atoms with Gasteiger partial charge in [-0.2, -0.15) is 0 Å². The predicted molar refractivity (Wildman–Crippen MR) is 137 cm³/mol. The van der Waals surface area contributed by atoms with E-state index in [0.717, 1.165) is 5.56 Å². The van der Waals surface area contributed by atoms with Crippen molar-refractivity contribution in [2.45, 2.75) is 44.0 Å². The van der Waals surface area contributed by atoms with E-state index in [0.29, 0.717) is 9.88 Å². The van der Waals surface area contributed by atoms with E-state index in [9.17, 15) is 24.3 Å². The molecule has 0 fully saturated rings. The van der Waals surface area contributed by atoms with Gasteiger partial charge in [-0.05, 0) is 32.8 Å². The molecule has 201 valence electrons. The van der Waals surface area contributed by atoms with E-state index in [1.54, 1.807) is 31.2 Å². The Balaban J connectivity index is 2.16. The summed E-state index contributed by atoms with van der Waals surface area (Å²) in [6, 6.07) is 5.49. The monoisotopic (exact) mass is 533 g/mol. The highest BCUT2D eigenvalue weighted by atomic mass is 32.1. The van der Waals surface area contributed by atoms with Crippen molar-refractivity contribution in [1.29, 1.82) is 0 Å². The number of aromatic nitrogens is 1. The minimum Gasteiger partial charge on any atom is -0.382 e. The van der Waals surface area contributed by atoms with Crippen LogP contribution in [-0.2, 0) is 30.3 Å². The number of thiazole rings is 1. The van der Waals surface area contributed by atoms with Crippen LogP contribution in [0.5, 0.6) is 0 Å². The Labute approximate surface area is 220 Å². The van der Waals surface area contributed by atoms with E-state index in [1.807, 2.05) is 6.07 Å². The topological polar surface area (TPSA) is 156 Å². The smallest absolute Gasteiger partial charge is 0.263 e. The fourth-order valence-corrected chi connectivity index (χ4v) is 4.05. The molecule has 11 nitrogen and oxygen atoms in total. The molecular weight excluding hydrogens is 500 g/mol. The van der Waals surface area contributed by atoms with Crippen LogP contribution in [0.3, 0.4) is 0 Å². The lowest BCUT2D eigenvalue weighted by Crippen LogP contribution is -2.59. The minimum absolute atomic E-state index is 0.0986. The van der Waals surface area contributed by atoms with Gasteiger partial charge in [0.2, 0.25) is 11.8 Å². The number of carbonyl (C=O) groups excluding carboxylic acids is 4. The maximum absolute atomic E-state index is 13.1. The molecule has 1 heterocycles. The zero-order valence-corrected chi connectivity index (χ0v) is 22.1. The van der Waals surface area contributed by atoms with Gasteiger partial charge in [-0.1, -0.05) is 30.3 Å². The third kappa shape index (κ3) is 9.32. The quantitative estimate of drug-likeness (QED) is 0.269. The van der Waals surface area contributed by atoms with E-state index < -0.39 is 47.2 Å². The molecule has 1 aromatic carbocycles. The highest BCUT2D eigenvalue weighted by Crippen LogP contribution is 2.13. The molecule has 0 aliphatic carbocycles. The second-order valence-corrected chi connectivity index (χ2v) is 9.87. The number of hydrogen-bond donors (Lipinski definition) is 4. The predicted octanol–water partition coefficient (Wildman–Crippen LogP) is 0.209. The number of ether oxygens (including phenoxy) is 2. The Kier molecular flexibility index (Phi) is 11.3. The Morgan fingerprint density at radius 2 is 1.54 bits per heavy atom. The third-order valence-electron chi connectivity index (χ3n) is 5.21. The number of Topliss-reactive ketones (excluding diaryl/α,β-unsaturated/α-hetero) is 1. The van der Waals surface area contributed by atoms with E-state index in [1.165, 1.54) is 38.7 Å². The summed E-state index contributed by atoms with van der Waals surface area (Å²) >= 11 is 1.17. The molecule has 3 amide bonds. The first-order valence-electron chi connectivity index (χ1n) is 11.4. The van der Waals surface area contributed by atoms with Crippen molar-refractivity contribution in [3.63, 3.8) is 0 Å². The van der Waals surface area contributed by atoms with Crippen molar-refractivity contribution in [2.75, 3.05) is 27.4 Å². The second-order valence-electron chi connectivity index (χ2n) is 8.63. The van der Waals surface area contributed by atoms with Crippen LogP contribution in [0.15, 0.2) is 36.5 Å². The first-order chi connectivity index (χ1) is 17.5. The summed E-state index contributed by atoms with van der Waals surface area (Å²) in [5.74, 6) is -2.61. The summed E-state index contributed by atoms with van der Waals surface area (Å²) in [5, 5.41) is 18.6. The number of benzene rings is 1. The molecule has 0 saturated heterocycles. The van der Waals surface area contributed by atoms with Gasteiger partial charge in [0, 0.05) is 14.2 Å². The van der Waals surface area contributed by atoms with Gasteiger partial charge in [0.25, 0.3) is 5.91 Å². The van der Waals surface area contributed by atoms with Gasteiger partial charge in [-0.15, -0.1) is 11.3 Å². The van der Waals surface area contributed by atoms with Crippen molar-refractivity contribution in [1.82, 2.24) is 20.9 Å². The summed E-state index contributed by atoms with van der Waals surface area (Å²) in [5.41, 5.74) is -1.20. The molecule has 1 radical (unpaired) electrons. The molecular formula is C25H33N4O7S. The number of nitrogens with zero attached hydrogens (tertiary/aromatic N) is 1. The van der Waals surface area contributed by atoms with Crippen molar-refractivity contribution >= 4 is 34.8 Å². The normalized spacial score (nSPS) is 13.8. The van der Waals surface area contributed by atoms with Crippen molar-refractivity contribution in [2.24, 2.45) is 0 Å². The number of amides is 3. The first-order valence-corrected chi connectivity index (χ1v) is 12.3. The van der Waals surface area contributed by atoms with Crippen LogP contribution in [0.25, 0.3) is 0 Å². The van der Waals surface area contributed by atoms with E-state index in [-0.39, 0.29) is 19.6 Å². The maximum Gasteiger partial charge on any atom is 0.263 e. The molecule has 0 aliphatic heterocycles. The largest absolute Gasteiger partial charge is 0.382 e. The SMILES string of the molecule is [CH2][C@](C)(O)C(=O)[C@H](Cc1ccccc1)NC(=O)[C@H](COC)NC(=O)[C@H](COC)NC(=O)c1cnc(C)s1. The van der Waals surface area contributed by atoms with Gasteiger partial charge in [-0.3, -0.25) is 19.2 Å². The van der Waals surface area contributed by atoms with Crippen LogP contribution >= 0.6 is 11.3 Å². The number of hydrogen-bond acceptors (Lipinski definition) is 9. The molecule has 4 atom stereocenters. The van der Waals surface area contributed by atoms with Crippen molar-refractivity contribution in [3.8, 4) is 0 Å². The zero-order valence-electron chi connectivity index (χ0n) is 21.3. The lowest BCUT2D eigenvalue weighted by atomic mass is 9.92. The summed E-state index contributed by atoms with van der Waals surface area (Å²) < 4.78 is 10.2. The van der Waals surface area contributed by atoms with Crippen molar-refractivity contribution < 1.29 is 33.8 Å². The van der Waals surface area contributed by atoms with Gasteiger partial charge in [0.15, 0.2) is 5.78 Å². The number of rotatable bonds is 14. The molecule has 37 heavy (non-hydrogen) atoms. The fourth-order valence-electron chi connectivity index (χ4n) is 3.37. The van der Waals surface area contributed by atoms with Crippen LogP contribution in [0.4, 0.5) is 0 Å². The molecule has 2 aromatic rings. The average molecular weight is 534 g/mol. The Morgan fingerprint density at radius 1 is 1.00 bits per heavy atom. The molecule has 0 aliphatic rings. The number of nitrogens with one attached hydrogen (secondary N) is 3. The molecule has 12 heteroatoms. The number of ketones is 1. The fraction of sp³-hybridized carbons (Fsp3) is 0.440. The van der Waals surface area contributed by atoms with Crippen molar-refractivity contribution in [3.05, 3.63) is 58.9 Å². The van der Waals surface area contributed by atoms with Crippen LogP contribution in [-0.4, -0.2) is 84.8 Å². The molecule has 0 unspecified atom stereocenters. The number of aryl methyl sites for hydroxylation is 1. The molecule has 4 N–H and O–H groups in total.